The Morgan fingerprint density at radius 1 is 1.27 bits per heavy atom. The van der Waals surface area contributed by atoms with Crippen molar-refractivity contribution < 1.29 is 13.9 Å². The average Bonchev–Trinajstić information content (AvgIpc) is 3.23. The Morgan fingerprint density at radius 3 is 2.69 bits per heavy atom. The molecule has 2 aliphatic rings. The van der Waals surface area contributed by atoms with E-state index < -0.39 is 5.41 Å². The van der Waals surface area contributed by atoms with E-state index >= 15 is 0 Å². The molecule has 134 valence electrons. The van der Waals surface area contributed by atoms with Crippen LogP contribution in [-0.2, 0) is 14.9 Å². The van der Waals surface area contributed by atoms with Gasteiger partial charge in [0.1, 0.15) is 11.2 Å². The summed E-state index contributed by atoms with van der Waals surface area (Å²) in [5, 5.41) is 0. The Balaban J connectivity index is 1.93. The third-order valence-corrected chi connectivity index (χ3v) is 5.30. The number of hydrogen-bond acceptors (Lipinski definition) is 4. The molecule has 0 aliphatic carbocycles. The molecule has 0 saturated carbocycles. The number of aromatic nitrogens is 1. The third kappa shape index (κ3) is 2.50. The average molecular weight is 352 g/mol. The lowest BCUT2D eigenvalue weighted by Crippen LogP contribution is -2.43. The summed E-state index contributed by atoms with van der Waals surface area (Å²) in [6.07, 6.45) is 7.43. The molecule has 0 radical (unpaired) electrons. The number of pyridine rings is 1. The Bertz CT molecular complexity index is 835. The first-order valence-electron chi connectivity index (χ1n) is 8.98. The van der Waals surface area contributed by atoms with Crippen molar-refractivity contribution in [3.05, 3.63) is 77.5 Å². The molecule has 26 heavy (non-hydrogen) atoms. The smallest absolute Gasteiger partial charge is 0.323 e. The van der Waals surface area contributed by atoms with Crippen molar-refractivity contribution in [3.63, 3.8) is 0 Å². The Hall–Kier alpha value is -2.69. The molecule has 1 aromatic heterocycles. The summed E-state index contributed by atoms with van der Waals surface area (Å²) < 4.78 is 19.0. The molecule has 2 unspecified atom stereocenters. The molecule has 4 nitrogen and oxygen atoms in total. The first-order valence-corrected chi connectivity index (χ1v) is 8.98. The van der Waals surface area contributed by atoms with Gasteiger partial charge >= 0.3 is 5.97 Å². The van der Waals surface area contributed by atoms with Crippen molar-refractivity contribution in [2.45, 2.75) is 31.2 Å². The lowest BCUT2D eigenvalue weighted by molar-refractivity contribution is -0.150. The molecule has 3 heterocycles. The molecule has 1 aromatic carbocycles. The van der Waals surface area contributed by atoms with Gasteiger partial charge < -0.3 is 9.64 Å². The molecule has 0 amide bonds. The van der Waals surface area contributed by atoms with Gasteiger partial charge in [-0.1, -0.05) is 12.1 Å². The van der Waals surface area contributed by atoms with Gasteiger partial charge in [-0.2, -0.15) is 0 Å². The van der Waals surface area contributed by atoms with Gasteiger partial charge in [-0.25, -0.2) is 4.39 Å². The van der Waals surface area contributed by atoms with Crippen LogP contribution < -0.4 is 0 Å². The second-order valence-electron chi connectivity index (χ2n) is 6.71. The van der Waals surface area contributed by atoms with Gasteiger partial charge in [0, 0.05) is 24.6 Å². The normalized spacial score (nSPS) is 24.3. The molecule has 1 fully saturated rings. The maximum atomic E-state index is 13.5. The fourth-order valence-electron chi connectivity index (χ4n) is 4.25. The first kappa shape index (κ1) is 16.8. The topological polar surface area (TPSA) is 42.4 Å². The van der Waals surface area contributed by atoms with Crippen LogP contribution >= 0.6 is 0 Å². The van der Waals surface area contributed by atoms with Crippen molar-refractivity contribution in [2.24, 2.45) is 0 Å². The van der Waals surface area contributed by atoms with Crippen LogP contribution in [0.25, 0.3) is 0 Å². The molecule has 2 atom stereocenters. The molecule has 4 rings (SSSR count). The minimum atomic E-state index is -0.952. The maximum absolute atomic E-state index is 13.5. The number of rotatable bonds is 4. The number of esters is 1. The molecule has 0 N–H and O–H groups in total. The summed E-state index contributed by atoms with van der Waals surface area (Å²) in [5.74, 6) is -0.561. The van der Waals surface area contributed by atoms with E-state index in [2.05, 4.69) is 16.0 Å². The summed E-state index contributed by atoms with van der Waals surface area (Å²) >= 11 is 0. The highest BCUT2D eigenvalue weighted by Crippen LogP contribution is 2.53. The van der Waals surface area contributed by atoms with Crippen molar-refractivity contribution >= 4 is 5.97 Å². The quantitative estimate of drug-likeness (QED) is 0.786. The lowest BCUT2D eigenvalue weighted by Gasteiger charge is -2.37. The Labute approximate surface area is 152 Å². The van der Waals surface area contributed by atoms with Crippen molar-refractivity contribution in [3.8, 4) is 0 Å². The van der Waals surface area contributed by atoms with E-state index in [-0.39, 0.29) is 17.8 Å². The van der Waals surface area contributed by atoms with Gasteiger partial charge in [-0.3, -0.25) is 9.78 Å². The van der Waals surface area contributed by atoms with Crippen LogP contribution in [0.3, 0.4) is 0 Å². The van der Waals surface area contributed by atoms with E-state index in [0.717, 1.165) is 36.2 Å². The number of benzene rings is 1. The van der Waals surface area contributed by atoms with Crippen LogP contribution in [0.2, 0.25) is 0 Å². The zero-order valence-corrected chi connectivity index (χ0v) is 14.7. The van der Waals surface area contributed by atoms with E-state index in [1.165, 1.54) is 12.1 Å². The van der Waals surface area contributed by atoms with Crippen molar-refractivity contribution in [2.75, 3.05) is 13.2 Å². The maximum Gasteiger partial charge on any atom is 0.323 e. The zero-order valence-electron chi connectivity index (χ0n) is 14.7. The number of carbonyl (C=O) groups is 1. The molecule has 1 saturated heterocycles. The number of hydrogen-bond donors (Lipinski definition) is 0. The van der Waals surface area contributed by atoms with Crippen LogP contribution in [0.15, 0.2) is 60.6 Å². The van der Waals surface area contributed by atoms with E-state index in [1.807, 2.05) is 19.1 Å². The van der Waals surface area contributed by atoms with E-state index in [4.69, 9.17) is 4.74 Å². The number of fused-ring (bicyclic) bond motifs is 1. The monoisotopic (exact) mass is 352 g/mol. The molecule has 0 spiro atoms. The number of allylic oxidation sites excluding steroid dienone is 1. The van der Waals surface area contributed by atoms with Gasteiger partial charge in [0.15, 0.2) is 0 Å². The number of nitrogens with zero attached hydrogens (tertiary/aromatic N) is 2. The Kier molecular flexibility index (Phi) is 4.23. The molecule has 5 heteroatoms. The van der Waals surface area contributed by atoms with Gasteiger partial charge in [-0.15, -0.1) is 0 Å². The fourth-order valence-corrected chi connectivity index (χ4v) is 4.25. The molecular formula is C21H21FN2O2. The molecule has 2 aliphatic heterocycles. The van der Waals surface area contributed by atoms with Crippen molar-refractivity contribution in [1.82, 2.24) is 9.88 Å². The van der Waals surface area contributed by atoms with Crippen LogP contribution in [-0.4, -0.2) is 29.0 Å². The number of ether oxygens (including phenoxy) is 1. The van der Waals surface area contributed by atoms with Gasteiger partial charge in [0.05, 0.1) is 12.6 Å². The summed E-state index contributed by atoms with van der Waals surface area (Å²) in [6.45, 7) is 3.00. The third-order valence-electron chi connectivity index (χ3n) is 5.30. The van der Waals surface area contributed by atoms with Crippen LogP contribution in [0, 0.1) is 5.82 Å². The lowest BCUT2D eigenvalue weighted by atomic mass is 9.72. The summed E-state index contributed by atoms with van der Waals surface area (Å²) in [5.41, 5.74) is 1.96. The van der Waals surface area contributed by atoms with E-state index in [9.17, 15) is 9.18 Å². The van der Waals surface area contributed by atoms with Gasteiger partial charge in [0.25, 0.3) is 0 Å². The second kappa shape index (κ2) is 6.56. The fraction of sp³-hybridized carbons (Fsp3) is 0.333. The Morgan fingerprint density at radius 2 is 2.00 bits per heavy atom. The minimum Gasteiger partial charge on any atom is -0.465 e. The SMILES string of the molecule is CCOC(=O)C1(c2ccncc2)C=C2CCCN2C1c1ccc(F)cc1. The van der Waals surface area contributed by atoms with Gasteiger partial charge in [-0.05, 0) is 61.2 Å². The zero-order chi connectivity index (χ0) is 18.1. The number of halogens is 1. The minimum absolute atomic E-state index is 0.248. The summed E-state index contributed by atoms with van der Waals surface area (Å²) in [4.78, 5) is 19.6. The largest absolute Gasteiger partial charge is 0.465 e. The predicted octanol–water partition coefficient (Wildman–Crippen LogP) is 3.76. The van der Waals surface area contributed by atoms with Crippen LogP contribution in [0.4, 0.5) is 4.39 Å². The molecule has 0 bridgehead atoms. The van der Waals surface area contributed by atoms with Crippen molar-refractivity contribution in [1.29, 1.82) is 0 Å². The van der Waals surface area contributed by atoms with E-state index in [0.29, 0.717) is 6.61 Å². The highest BCUT2D eigenvalue weighted by molar-refractivity contribution is 5.88. The standard InChI is InChI=1S/C21H21FN2O2/c1-2-26-20(25)21(16-9-11-23-12-10-16)14-18-4-3-13-24(18)19(21)15-5-7-17(22)8-6-15/h5-12,14,19H,2-4,13H2,1H3. The van der Waals surface area contributed by atoms with Gasteiger partial charge in [0.2, 0.25) is 0 Å². The highest BCUT2D eigenvalue weighted by atomic mass is 19.1. The first-order chi connectivity index (χ1) is 12.7. The van der Waals surface area contributed by atoms with E-state index in [1.54, 1.807) is 24.5 Å². The summed E-state index contributed by atoms with van der Waals surface area (Å²) in [6, 6.07) is 9.92. The molecule has 2 aromatic rings. The molecular weight excluding hydrogens is 331 g/mol. The highest BCUT2D eigenvalue weighted by Gasteiger charge is 2.55. The second-order valence-corrected chi connectivity index (χ2v) is 6.71. The number of carbonyl (C=O) groups excluding carboxylic acids is 1. The predicted molar refractivity (Wildman–Crippen MR) is 95.7 cm³/mol. The van der Waals surface area contributed by atoms with Crippen LogP contribution in [0.1, 0.15) is 36.9 Å². The van der Waals surface area contributed by atoms with Crippen LogP contribution in [0.5, 0.6) is 0 Å². The summed E-state index contributed by atoms with van der Waals surface area (Å²) in [7, 11) is 0.